The van der Waals surface area contributed by atoms with Crippen molar-refractivity contribution in [2.75, 3.05) is 12.9 Å². The van der Waals surface area contributed by atoms with Crippen LogP contribution in [0.25, 0.3) is 0 Å². The van der Waals surface area contributed by atoms with E-state index in [1.165, 1.54) is 31.0 Å². The maximum absolute atomic E-state index is 13.3. The van der Waals surface area contributed by atoms with Crippen LogP contribution >= 0.6 is 11.8 Å². The monoisotopic (exact) mass is 275 g/mol. The van der Waals surface area contributed by atoms with Gasteiger partial charge in [-0.3, -0.25) is 4.79 Å². The fourth-order valence-corrected chi connectivity index (χ4v) is 2.32. The van der Waals surface area contributed by atoms with Crippen LogP contribution in [0.5, 0.6) is 0 Å². The van der Waals surface area contributed by atoms with E-state index >= 15 is 0 Å². The first-order valence-corrected chi connectivity index (χ1v) is 6.55. The van der Waals surface area contributed by atoms with E-state index in [4.69, 9.17) is 5.73 Å². The highest BCUT2D eigenvalue weighted by Crippen LogP contribution is 2.17. The predicted octanol–water partition coefficient (Wildman–Crippen LogP) is 2.09. The second-order valence-electron chi connectivity index (χ2n) is 3.71. The molecule has 0 spiro atoms. The molecule has 1 atom stereocenters. The van der Waals surface area contributed by atoms with E-state index in [0.717, 1.165) is 6.07 Å². The van der Waals surface area contributed by atoms with Gasteiger partial charge >= 0.3 is 5.97 Å². The Morgan fingerprint density at radius 3 is 2.83 bits per heavy atom. The number of carbonyl (C=O) groups is 1. The Balaban J connectivity index is 2.32. The SMILES string of the molecule is COC(=O)C(N)CCSCc1ccc(F)cc1F. The maximum atomic E-state index is 13.3. The van der Waals surface area contributed by atoms with Gasteiger partial charge in [-0.05, 0) is 23.8 Å². The molecular formula is C12H15F2NO2S. The Bertz CT molecular complexity index is 415. The Hall–Kier alpha value is -1.14. The van der Waals surface area contributed by atoms with Crippen molar-refractivity contribution < 1.29 is 18.3 Å². The van der Waals surface area contributed by atoms with Crippen LogP contribution in [0.15, 0.2) is 18.2 Å². The van der Waals surface area contributed by atoms with Gasteiger partial charge < -0.3 is 10.5 Å². The molecule has 1 unspecified atom stereocenters. The summed E-state index contributed by atoms with van der Waals surface area (Å²) in [7, 11) is 1.28. The second-order valence-corrected chi connectivity index (χ2v) is 4.81. The summed E-state index contributed by atoms with van der Waals surface area (Å²) in [5.41, 5.74) is 5.98. The summed E-state index contributed by atoms with van der Waals surface area (Å²) >= 11 is 1.43. The molecule has 2 N–H and O–H groups in total. The van der Waals surface area contributed by atoms with Gasteiger partial charge in [-0.15, -0.1) is 0 Å². The van der Waals surface area contributed by atoms with Crippen molar-refractivity contribution in [3.05, 3.63) is 35.4 Å². The number of benzene rings is 1. The fourth-order valence-electron chi connectivity index (χ4n) is 1.30. The van der Waals surface area contributed by atoms with Gasteiger partial charge in [-0.2, -0.15) is 11.8 Å². The highest BCUT2D eigenvalue weighted by atomic mass is 32.2. The summed E-state index contributed by atoms with van der Waals surface area (Å²) in [5.74, 6) is -0.579. The molecule has 1 rings (SSSR count). The van der Waals surface area contributed by atoms with Gasteiger partial charge in [0, 0.05) is 11.8 Å². The highest BCUT2D eigenvalue weighted by molar-refractivity contribution is 7.98. The third-order valence-electron chi connectivity index (χ3n) is 2.35. The first-order chi connectivity index (χ1) is 8.54. The van der Waals surface area contributed by atoms with Gasteiger partial charge in [-0.25, -0.2) is 8.78 Å². The number of methoxy groups -OCH3 is 1. The number of esters is 1. The van der Waals surface area contributed by atoms with E-state index in [9.17, 15) is 13.6 Å². The lowest BCUT2D eigenvalue weighted by Crippen LogP contribution is -2.31. The molecule has 1 aromatic carbocycles. The van der Waals surface area contributed by atoms with Crippen LogP contribution in [0.3, 0.4) is 0 Å². The summed E-state index contributed by atoms with van der Waals surface area (Å²) in [6.45, 7) is 0. The van der Waals surface area contributed by atoms with E-state index in [1.54, 1.807) is 0 Å². The summed E-state index contributed by atoms with van der Waals surface area (Å²) in [6.07, 6.45) is 0.458. The number of rotatable bonds is 6. The van der Waals surface area contributed by atoms with Gasteiger partial charge in [0.1, 0.15) is 17.7 Å². The summed E-state index contributed by atoms with van der Waals surface area (Å²) in [4.78, 5) is 11.0. The molecule has 0 heterocycles. The predicted molar refractivity (Wildman–Crippen MR) is 67.1 cm³/mol. The minimum Gasteiger partial charge on any atom is -0.468 e. The first kappa shape index (κ1) is 14.9. The van der Waals surface area contributed by atoms with Gasteiger partial charge in [0.2, 0.25) is 0 Å². The molecule has 3 nitrogen and oxygen atoms in total. The van der Waals surface area contributed by atoms with Crippen molar-refractivity contribution >= 4 is 17.7 Å². The average Bonchev–Trinajstić information content (AvgIpc) is 2.35. The number of halogens is 2. The quantitative estimate of drug-likeness (QED) is 0.638. The smallest absolute Gasteiger partial charge is 0.322 e. The molecule has 0 radical (unpaired) electrons. The Kier molecular flexibility index (Phi) is 6.07. The van der Waals surface area contributed by atoms with E-state index in [2.05, 4.69) is 4.74 Å². The minimum atomic E-state index is -0.652. The first-order valence-electron chi connectivity index (χ1n) is 5.39. The van der Waals surface area contributed by atoms with Crippen LogP contribution in [-0.2, 0) is 15.3 Å². The molecule has 0 fully saturated rings. The van der Waals surface area contributed by atoms with Crippen LogP contribution in [-0.4, -0.2) is 24.9 Å². The number of ether oxygens (including phenoxy) is 1. The summed E-state index contributed by atoms with van der Waals surface area (Å²) < 4.78 is 30.4. The maximum Gasteiger partial charge on any atom is 0.322 e. The number of thioether (sulfide) groups is 1. The standard InChI is InChI=1S/C12H15F2NO2S/c1-17-12(16)11(15)4-5-18-7-8-2-3-9(13)6-10(8)14/h2-3,6,11H,4-5,7,15H2,1H3. The zero-order chi connectivity index (χ0) is 13.5. The van der Waals surface area contributed by atoms with E-state index in [0.29, 0.717) is 23.5 Å². The molecule has 0 amide bonds. The molecule has 18 heavy (non-hydrogen) atoms. The van der Waals surface area contributed by atoms with Crippen molar-refractivity contribution in [2.24, 2.45) is 5.73 Å². The Morgan fingerprint density at radius 1 is 1.50 bits per heavy atom. The molecule has 6 heteroatoms. The zero-order valence-electron chi connectivity index (χ0n) is 9.99. The molecular weight excluding hydrogens is 260 g/mol. The van der Waals surface area contributed by atoms with Crippen molar-refractivity contribution in [3.63, 3.8) is 0 Å². The Morgan fingerprint density at radius 2 is 2.22 bits per heavy atom. The van der Waals surface area contributed by atoms with Crippen molar-refractivity contribution in [1.29, 1.82) is 0 Å². The van der Waals surface area contributed by atoms with Crippen LogP contribution < -0.4 is 5.73 Å². The van der Waals surface area contributed by atoms with Crippen molar-refractivity contribution in [3.8, 4) is 0 Å². The van der Waals surface area contributed by atoms with E-state index < -0.39 is 23.6 Å². The van der Waals surface area contributed by atoms with Crippen LogP contribution in [0, 0.1) is 11.6 Å². The molecule has 0 aliphatic heterocycles. The van der Waals surface area contributed by atoms with E-state index in [-0.39, 0.29) is 0 Å². The zero-order valence-corrected chi connectivity index (χ0v) is 10.8. The highest BCUT2D eigenvalue weighted by Gasteiger charge is 2.13. The van der Waals surface area contributed by atoms with Crippen LogP contribution in [0.1, 0.15) is 12.0 Å². The topological polar surface area (TPSA) is 52.3 Å². The molecule has 0 saturated heterocycles. The van der Waals surface area contributed by atoms with Crippen molar-refractivity contribution in [1.82, 2.24) is 0 Å². The molecule has 0 aliphatic rings. The average molecular weight is 275 g/mol. The number of hydrogen-bond donors (Lipinski definition) is 1. The lowest BCUT2D eigenvalue weighted by atomic mass is 10.2. The number of hydrogen-bond acceptors (Lipinski definition) is 4. The second kappa shape index (κ2) is 7.33. The van der Waals surface area contributed by atoms with Crippen molar-refractivity contribution in [2.45, 2.75) is 18.2 Å². The third-order valence-corrected chi connectivity index (χ3v) is 3.39. The molecule has 0 aromatic heterocycles. The lowest BCUT2D eigenvalue weighted by Gasteiger charge is -2.08. The molecule has 0 bridgehead atoms. The van der Waals surface area contributed by atoms with Crippen LogP contribution in [0.4, 0.5) is 8.78 Å². The molecule has 0 saturated carbocycles. The van der Waals surface area contributed by atoms with Crippen LogP contribution in [0.2, 0.25) is 0 Å². The summed E-state index contributed by atoms with van der Waals surface area (Å²) in [6, 6.07) is 2.84. The number of carbonyl (C=O) groups excluding carboxylic acids is 1. The third kappa shape index (κ3) is 4.62. The largest absolute Gasteiger partial charge is 0.468 e. The minimum absolute atomic E-state index is 0.417. The lowest BCUT2D eigenvalue weighted by molar-refractivity contribution is -0.142. The van der Waals surface area contributed by atoms with E-state index in [1.807, 2.05) is 0 Å². The fraction of sp³-hybridized carbons (Fsp3) is 0.417. The molecule has 100 valence electrons. The normalized spacial score (nSPS) is 12.2. The number of nitrogens with two attached hydrogens (primary N) is 1. The van der Waals surface area contributed by atoms with Gasteiger partial charge in [-0.1, -0.05) is 6.07 Å². The summed E-state index contributed by atoms with van der Waals surface area (Å²) in [5, 5.41) is 0. The Labute approximate surface area is 109 Å². The molecule has 1 aromatic rings. The van der Waals surface area contributed by atoms with Gasteiger partial charge in [0.05, 0.1) is 7.11 Å². The van der Waals surface area contributed by atoms with Gasteiger partial charge in [0.15, 0.2) is 0 Å². The van der Waals surface area contributed by atoms with Gasteiger partial charge in [0.25, 0.3) is 0 Å². The molecule has 0 aliphatic carbocycles.